The van der Waals surface area contributed by atoms with Gasteiger partial charge in [-0.3, -0.25) is 103 Å². The summed E-state index contributed by atoms with van der Waals surface area (Å²) in [6.07, 6.45) is -1.72. The maximum Gasteiger partial charge on any atom is 0.305 e. The van der Waals surface area contributed by atoms with Crippen molar-refractivity contribution >= 4 is 146 Å². The van der Waals surface area contributed by atoms with Crippen LogP contribution in [0.15, 0.2) is 54.6 Å². The summed E-state index contributed by atoms with van der Waals surface area (Å²) in [4.78, 5) is 250. The molecule has 3 heterocycles. The predicted octanol–water partition coefficient (Wildman–Crippen LogP) is -6.23. The van der Waals surface area contributed by atoms with Gasteiger partial charge in [0.1, 0.15) is 96.4 Å². The van der Waals surface area contributed by atoms with Crippen molar-refractivity contribution in [2.75, 3.05) is 57.4 Å². The van der Waals surface area contributed by atoms with Gasteiger partial charge in [0.2, 0.25) is 94.5 Å². The summed E-state index contributed by atoms with van der Waals surface area (Å²) in [5, 5.41) is 106. The molecule has 48 nitrogen and oxygen atoms in total. The highest BCUT2D eigenvalue weighted by molar-refractivity contribution is 8.76. The number of hydrogen-bond donors (Lipinski definition) is 29. The quantitative estimate of drug-likeness (QED) is 0.0128. The largest absolute Gasteiger partial charge is 0.508 e. The number of nitrogens with one attached hydrogen (secondary N) is 21. The third-order valence-electron chi connectivity index (χ3n) is 21.9. The van der Waals surface area contributed by atoms with E-state index in [1.807, 2.05) is 0 Å². The first kappa shape index (κ1) is 111. The van der Waals surface area contributed by atoms with Crippen LogP contribution in [0.25, 0.3) is 0 Å². The first-order valence-corrected chi connectivity index (χ1v) is 47.0. The Morgan fingerprint density at radius 3 is 1.43 bits per heavy atom. The number of aliphatic carboxylic acids is 1. The van der Waals surface area contributed by atoms with Crippen molar-refractivity contribution in [3.05, 3.63) is 65.7 Å². The molecule has 0 bridgehead atoms. The van der Waals surface area contributed by atoms with Gasteiger partial charge < -0.3 is 144 Å². The minimum absolute atomic E-state index is 0.00227. The van der Waals surface area contributed by atoms with Crippen molar-refractivity contribution in [2.24, 2.45) is 40.5 Å². The summed E-state index contributed by atoms with van der Waals surface area (Å²) >= 11 is 0. The van der Waals surface area contributed by atoms with Crippen LogP contribution in [-0.4, -0.2) is 297 Å². The van der Waals surface area contributed by atoms with Gasteiger partial charge in [-0.05, 0) is 138 Å². The molecule has 34 N–H and O–H groups in total. The molecule has 742 valence electrons. The summed E-state index contributed by atoms with van der Waals surface area (Å²) in [7, 11) is 1.62. The molecule has 0 spiro atoms. The maximum absolute atomic E-state index is 15.8. The SMILES string of the molecule is CCC[C@@H]1NC(=O)[C@H](CCc2ccccc2)NC(=O)[C@H](CC(C)C)NC(=O)[C@@H]2CCCN2C(=O)[C@@H](NC(=O)[C@H](CCCNC(=N)N)NC(=O)[C@H](CCCNC(=N)N)NC(C)=O)CSSC[C@@H](C(=O)N[C@@H](CCCNC(=N)N)C(=O)N[C@@H](CCCNC(=N)N)C(N)=O)NC(=O)[C@H](C(C)C)NC(=O)[C@@H]2CCCN2C(=O)[C@H](CC(=O)O)NC(=O)[C@H](Cc2ccc(O)cc2)NC(=O)[C@H](CO)NC1=O. The van der Waals surface area contributed by atoms with Crippen LogP contribution in [0, 0.1) is 33.5 Å². The molecule has 16 amide bonds. The molecule has 0 saturated carbocycles. The van der Waals surface area contributed by atoms with Gasteiger partial charge in [0.25, 0.3) is 0 Å². The van der Waals surface area contributed by atoms with Gasteiger partial charge in [-0.25, -0.2) is 0 Å². The third-order valence-corrected chi connectivity index (χ3v) is 24.3. The molecule has 5 rings (SSSR count). The third kappa shape index (κ3) is 39.0. The van der Waals surface area contributed by atoms with Gasteiger partial charge in [-0.1, -0.05) is 105 Å². The number of nitrogens with two attached hydrogens (primary N) is 5. The Hall–Kier alpha value is -13.0. The van der Waals surface area contributed by atoms with E-state index in [1.165, 1.54) is 38.1 Å². The number of nitrogens with zero attached hydrogens (tertiary/aromatic N) is 2. The number of carboxylic acids is 1. The first-order chi connectivity index (χ1) is 63.5. The Labute approximate surface area is 784 Å². The van der Waals surface area contributed by atoms with E-state index in [0.717, 1.165) is 38.3 Å². The highest BCUT2D eigenvalue weighted by Gasteiger charge is 2.45. The number of carbonyl (C=O) groups is 17. The number of amides is 16. The lowest BCUT2D eigenvalue weighted by molar-refractivity contribution is -0.146. The lowest BCUT2D eigenvalue weighted by atomic mass is 10.00. The molecule has 3 aliphatic heterocycles. The molecule has 3 aliphatic rings. The van der Waals surface area contributed by atoms with Crippen LogP contribution < -0.4 is 119 Å². The van der Waals surface area contributed by atoms with Crippen molar-refractivity contribution in [2.45, 2.75) is 254 Å². The van der Waals surface area contributed by atoms with Gasteiger partial charge in [0.15, 0.2) is 23.8 Å². The zero-order valence-corrected chi connectivity index (χ0v) is 77.8. The molecule has 0 unspecified atom stereocenters. The molecule has 3 saturated heterocycles. The Morgan fingerprint density at radius 2 is 0.933 bits per heavy atom. The van der Waals surface area contributed by atoms with Gasteiger partial charge in [0.05, 0.1) is 13.0 Å². The van der Waals surface area contributed by atoms with Crippen molar-refractivity contribution in [3.63, 3.8) is 0 Å². The fraction of sp³-hybridized carbons (Fsp3) is 0.607. The highest BCUT2D eigenvalue weighted by atomic mass is 33.1. The van der Waals surface area contributed by atoms with Crippen molar-refractivity contribution < 1.29 is 96.8 Å². The van der Waals surface area contributed by atoms with E-state index in [0.29, 0.717) is 5.56 Å². The molecule has 2 aromatic carbocycles. The summed E-state index contributed by atoms with van der Waals surface area (Å²) in [5.41, 5.74) is 28.9. The Balaban J connectivity index is 1.74. The molecule has 15 atom stereocenters. The zero-order valence-electron chi connectivity index (χ0n) is 76.2. The van der Waals surface area contributed by atoms with Crippen LogP contribution >= 0.6 is 21.6 Å². The number of guanidine groups is 4. The number of primary amides is 1. The number of phenols is 1. The fourth-order valence-corrected chi connectivity index (χ4v) is 17.3. The van der Waals surface area contributed by atoms with Crippen LogP contribution in [0.3, 0.4) is 0 Å². The number of benzene rings is 2. The van der Waals surface area contributed by atoms with Crippen molar-refractivity contribution in [1.29, 1.82) is 21.6 Å². The summed E-state index contributed by atoms with van der Waals surface area (Å²) in [6, 6.07) is -9.95. The number of rotatable bonds is 39. The van der Waals surface area contributed by atoms with Crippen LogP contribution in [0.2, 0.25) is 0 Å². The van der Waals surface area contributed by atoms with E-state index in [9.17, 15) is 68.1 Å². The Bertz CT molecular complexity index is 4410. The lowest BCUT2D eigenvalue weighted by Gasteiger charge is -2.31. The van der Waals surface area contributed by atoms with E-state index < -0.39 is 240 Å². The molecular formula is C84H134N28O20S2. The summed E-state index contributed by atoms with van der Waals surface area (Å²) in [5.74, 6) is -21.6. The van der Waals surface area contributed by atoms with Crippen molar-refractivity contribution in [3.8, 4) is 5.75 Å². The number of aromatic hydroxyl groups is 1. The molecule has 0 aliphatic carbocycles. The van der Waals surface area contributed by atoms with Crippen LogP contribution in [0.1, 0.15) is 162 Å². The number of hydrogen-bond acceptors (Lipinski definition) is 25. The number of carboxylic acid groups (broad SMARTS) is 1. The second kappa shape index (κ2) is 57.4. The summed E-state index contributed by atoms with van der Waals surface area (Å²) < 4.78 is 0. The minimum Gasteiger partial charge on any atom is -0.508 e. The van der Waals surface area contributed by atoms with Gasteiger partial charge in [-0.2, -0.15) is 0 Å². The lowest BCUT2D eigenvalue weighted by Crippen LogP contribution is -2.62. The predicted molar refractivity (Wildman–Crippen MR) is 496 cm³/mol. The zero-order chi connectivity index (χ0) is 99.4. The molecule has 0 radical (unpaired) electrons. The monoisotopic (exact) mass is 1920 g/mol. The topological polar surface area (TPSA) is 787 Å². The number of phenolic OH excluding ortho intramolecular Hbond substituents is 1. The van der Waals surface area contributed by atoms with Gasteiger partial charge in [0, 0.05) is 64.1 Å². The van der Waals surface area contributed by atoms with E-state index >= 15 is 28.8 Å². The van der Waals surface area contributed by atoms with E-state index in [-0.39, 0.29) is 178 Å². The summed E-state index contributed by atoms with van der Waals surface area (Å²) in [6.45, 7) is 7.91. The minimum atomic E-state index is -2.01. The number of fused-ring (bicyclic) bond motifs is 2. The van der Waals surface area contributed by atoms with E-state index in [4.69, 9.17) is 50.3 Å². The molecule has 3 fully saturated rings. The normalized spacial score (nSPS) is 22.2. The van der Waals surface area contributed by atoms with Gasteiger partial charge >= 0.3 is 5.97 Å². The standard InChI is InChI=1S/C84H134N28O20S2/c1-7-17-51-67(119)107-59(41-113)74(126)104-57(39-48-26-29-49(115)30-27-48)73(125)106-58(40-64(116)117)79(131)111-36-16-25-63(111)77(129)110-65(45(4)5)78(130)108-60(75(127)102-53(22-13-34-96-83(90)91)69(121)99-50(66(85)118)20-11-32-94-81(86)87)42-133-134-43-61(109-70(122)54(23-14-35-97-84(92)93)101-68(120)52(98-46(6)114)21-12-33-95-82(88)89)80(132)112-37-15-24-62(112)76(128)105-56(38-44(2)3)72(124)103-55(71(123)100-51)31-28-47-18-9-8-10-19-47/h8-10,18-19,26-27,29-30,44-45,50-63,65,113,115H,7,11-17,20-25,28,31-43H2,1-6H3,(H2,85,118)(H,98,114)(H,99,121)(H,100,123)(H,101,120)(H,102,127)(H,103,124)(H,104,126)(H,105,128)(H,106,125)(H,107,119)(H,108,130)(H,109,122)(H,110,129)(H,116,117)(H4,86,87,94)(H4,88,89,95)(H4,90,91,96)(H4,92,93,97)/t50-,51-,52-,53-,54-,55-,56-,57-,58-,59-,60-,61-,62-,63-,65-/m0/s1. The van der Waals surface area contributed by atoms with Crippen LogP contribution in [0.5, 0.6) is 5.75 Å². The highest BCUT2D eigenvalue weighted by Crippen LogP contribution is 2.28. The first-order valence-electron chi connectivity index (χ1n) is 44.5. The van der Waals surface area contributed by atoms with E-state index in [1.54, 1.807) is 51.1 Å². The van der Waals surface area contributed by atoms with Crippen molar-refractivity contribution in [1.82, 2.24) is 100 Å². The number of aliphatic hydroxyl groups excluding tert-OH is 1. The number of aryl methyl sites for hydroxylation is 1. The average molecular weight is 1920 g/mol. The average Bonchev–Trinajstić information content (AvgIpc) is 1.63. The smallest absolute Gasteiger partial charge is 0.305 e. The van der Waals surface area contributed by atoms with E-state index in [2.05, 4.69) is 90.4 Å². The number of aliphatic hydroxyl groups is 1. The van der Waals surface area contributed by atoms with Crippen LogP contribution in [0.4, 0.5) is 0 Å². The maximum atomic E-state index is 15.8. The second-order valence-corrected chi connectivity index (χ2v) is 36.1. The Kier molecular flexibility index (Phi) is 47.8. The Morgan fingerprint density at radius 1 is 0.493 bits per heavy atom. The fourth-order valence-electron chi connectivity index (χ4n) is 14.9. The molecular weight excluding hydrogens is 1790 g/mol. The molecule has 2 aromatic rings. The molecule has 50 heteroatoms. The van der Waals surface area contributed by atoms with Gasteiger partial charge in [-0.15, -0.1) is 0 Å². The molecule has 0 aromatic heterocycles. The van der Waals surface area contributed by atoms with Crippen LogP contribution in [-0.2, 0) is 94.3 Å². The molecule has 134 heavy (non-hydrogen) atoms. The second-order valence-electron chi connectivity index (χ2n) is 33.5. The number of carbonyl (C=O) groups excluding carboxylic acids is 16.